The molecule has 39 heavy (non-hydrogen) atoms. The van der Waals surface area contributed by atoms with Gasteiger partial charge in [-0.15, -0.1) is 0 Å². The summed E-state index contributed by atoms with van der Waals surface area (Å²) in [6.45, 7) is 2.11. The topological polar surface area (TPSA) is 148 Å². The molecule has 2 aromatic rings. The molecule has 0 bridgehead atoms. The van der Waals surface area contributed by atoms with Crippen molar-refractivity contribution in [3.8, 4) is 0 Å². The predicted octanol–water partition coefficient (Wildman–Crippen LogP) is 4.61. The van der Waals surface area contributed by atoms with Crippen LogP contribution in [0.2, 0.25) is 0 Å². The highest BCUT2D eigenvalue weighted by Gasteiger charge is 2.46. The fourth-order valence-electron chi connectivity index (χ4n) is 3.94. The van der Waals surface area contributed by atoms with Crippen LogP contribution in [0.15, 0.2) is 60.7 Å². The van der Waals surface area contributed by atoms with Crippen molar-refractivity contribution < 1.29 is 33.8 Å². The molecule has 0 saturated carbocycles. The van der Waals surface area contributed by atoms with Gasteiger partial charge < -0.3 is 25.6 Å². The predicted molar refractivity (Wildman–Crippen MR) is 146 cm³/mol. The minimum atomic E-state index is -1.83. The molecule has 0 aromatic heterocycles. The van der Waals surface area contributed by atoms with Gasteiger partial charge in [0.2, 0.25) is 5.91 Å². The first-order valence-corrected chi connectivity index (χ1v) is 13.2. The lowest BCUT2D eigenvalue weighted by Gasteiger charge is -2.35. The zero-order valence-electron chi connectivity index (χ0n) is 22.5. The van der Waals surface area contributed by atoms with Crippen LogP contribution in [0.3, 0.4) is 0 Å². The highest BCUT2D eigenvalue weighted by Crippen LogP contribution is 2.26. The summed E-state index contributed by atoms with van der Waals surface area (Å²) < 4.78 is 10.5. The standard InChI is InChI=1S/C29H39N3O7/c1-29(26(34)35,18-10-12-20-31-27(36)38-21-23-13-5-2-6-14-23)32(25(33)17-9-4-11-19-30)28(37)39-22-24-15-7-3-8-16-24/h2-3,5-8,13-16H,4,9-12,17-22,30H2,1H3,(H,31,36)(H,34,35)/t29-/m0/s1. The average Bonchev–Trinajstić information content (AvgIpc) is 2.94. The smallest absolute Gasteiger partial charge is 0.417 e. The van der Waals surface area contributed by atoms with Crippen molar-refractivity contribution in [1.29, 1.82) is 0 Å². The van der Waals surface area contributed by atoms with Gasteiger partial charge in [-0.25, -0.2) is 19.3 Å². The first kappa shape index (κ1) is 31.3. The zero-order chi connectivity index (χ0) is 28.5. The van der Waals surface area contributed by atoms with Gasteiger partial charge >= 0.3 is 18.2 Å². The number of carboxylic acids is 1. The molecule has 2 aromatic carbocycles. The Morgan fingerprint density at radius 1 is 0.846 bits per heavy atom. The van der Waals surface area contributed by atoms with Gasteiger partial charge in [-0.1, -0.05) is 67.1 Å². The molecule has 3 amide bonds. The summed E-state index contributed by atoms with van der Waals surface area (Å²) in [6.07, 6.45) is 1.02. The molecular formula is C29H39N3O7. The van der Waals surface area contributed by atoms with Crippen LogP contribution in [0.5, 0.6) is 0 Å². The Balaban J connectivity index is 1.97. The van der Waals surface area contributed by atoms with Gasteiger partial charge in [-0.3, -0.25) is 4.79 Å². The third-order valence-electron chi connectivity index (χ3n) is 6.26. The quantitative estimate of drug-likeness (QED) is 0.261. The van der Waals surface area contributed by atoms with Gasteiger partial charge in [-0.2, -0.15) is 0 Å². The number of unbranched alkanes of at least 4 members (excludes halogenated alkanes) is 3. The summed E-state index contributed by atoms with van der Waals surface area (Å²) in [5.74, 6) is -1.93. The molecule has 0 aliphatic carbocycles. The number of amides is 3. The molecule has 2 rings (SSSR count). The highest BCUT2D eigenvalue weighted by molar-refractivity contribution is 5.98. The van der Waals surface area contributed by atoms with Crippen molar-refractivity contribution in [2.24, 2.45) is 5.73 Å². The fraction of sp³-hybridized carbons (Fsp3) is 0.448. The maximum atomic E-state index is 13.1. The number of imide groups is 1. The van der Waals surface area contributed by atoms with E-state index in [1.54, 1.807) is 24.3 Å². The minimum Gasteiger partial charge on any atom is -0.479 e. The number of nitrogens with two attached hydrogens (primary N) is 1. The van der Waals surface area contributed by atoms with E-state index in [0.29, 0.717) is 37.8 Å². The molecular weight excluding hydrogens is 502 g/mol. The van der Waals surface area contributed by atoms with Gasteiger partial charge in [0.1, 0.15) is 18.8 Å². The van der Waals surface area contributed by atoms with Crippen LogP contribution in [0, 0.1) is 0 Å². The van der Waals surface area contributed by atoms with Crippen molar-refractivity contribution in [1.82, 2.24) is 10.2 Å². The molecule has 0 aliphatic rings. The first-order chi connectivity index (χ1) is 18.8. The number of nitrogens with zero attached hydrogens (tertiary/aromatic N) is 1. The molecule has 0 radical (unpaired) electrons. The van der Waals surface area contributed by atoms with E-state index in [2.05, 4.69) is 5.32 Å². The summed E-state index contributed by atoms with van der Waals surface area (Å²) in [6, 6.07) is 18.2. The molecule has 10 nitrogen and oxygen atoms in total. The Labute approximate surface area is 229 Å². The summed E-state index contributed by atoms with van der Waals surface area (Å²) in [5.41, 5.74) is 5.26. The summed E-state index contributed by atoms with van der Waals surface area (Å²) in [4.78, 5) is 51.3. The summed E-state index contributed by atoms with van der Waals surface area (Å²) in [7, 11) is 0. The van der Waals surface area contributed by atoms with Crippen LogP contribution < -0.4 is 11.1 Å². The number of rotatable bonds is 16. The molecule has 0 spiro atoms. The van der Waals surface area contributed by atoms with Crippen LogP contribution in [0.1, 0.15) is 63.0 Å². The Bertz CT molecular complexity index is 1050. The molecule has 0 fully saturated rings. The lowest BCUT2D eigenvalue weighted by Crippen LogP contribution is -2.57. The Kier molecular flexibility index (Phi) is 13.5. The zero-order valence-corrected chi connectivity index (χ0v) is 22.5. The minimum absolute atomic E-state index is 0.00187. The monoisotopic (exact) mass is 541 g/mol. The highest BCUT2D eigenvalue weighted by atomic mass is 16.6. The van der Waals surface area contributed by atoms with Crippen LogP contribution >= 0.6 is 0 Å². The number of hydrogen-bond donors (Lipinski definition) is 3. The van der Waals surface area contributed by atoms with E-state index < -0.39 is 29.6 Å². The van der Waals surface area contributed by atoms with E-state index in [-0.39, 0.29) is 32.6 Å². The number of carbonyl (C=O) groups is 4. The second-order valence-corrected chi connectivity index (χ2v) is 9.39. The van der Waals surface area contributed by atoms with Gasteiger partial charge in [0.25, 0.3) is 0 Å². The van der Waals surface area contributed by atoms with Crippen molar-refractivity contribution >= 4 is 24.1 Å². The average molecular weight is 542 g/mol. The second-order valence-electron chi connectivity index (χ2n) is 9.39. The van der Waals surface area contributed by atoms with E-state index >= 15 is 0 Å². The maximum absolute atomic E-state index is 13.1. The third kappa shape index (κ3) is 10.8. The molecule has 0 aliphatic heterocycles. The van der Waals surface area contributed by atoms with E-state index in [1.165, 1.54) is 6.92 Å². The van der Waals surface area contributed by atoms with Crippen LogP contribution in [-0.4, -0.2) is 52.7 Å². The van der Waals surface area contributed by atoms with Crippen LogP contribution in [-0.2, 0) is 32.3 Å². The second kappa shape index (κ2) is 16.8. The molecule has 10 heteroatoms. The van der Waals surface area contributed by atoms with Gasteiger partial charge in [0.05, 0.1) is 0 Å². The van der Waals surface area contributed by atoms with Gasteiger partial charge in [-0.05, 0) is 56.7 Å². The maximum Gasteiger partial charge on any atom is 0.417 e. The number of carboxylic acid groups (broad SMARTS) is 1. The summed E-state index contributed by atoms with van der Waals surface area (Å²) >= 11 is 0. The number of hydrogen-bond acceptors (Lipinski definition) is 7. The number of carbonyl (C=O) groups excluding carboxylic acids is 3. The first-order valence-electron chi connectivity index (χ1n) is 13.2. The lowest BCUT2D eigenvalue weighted by atomic mass is 9.92. The van der Waals surface area contributed by atoms with Gasteiger partial charge in [0, 0.05) is 13.0 Å². The van der Waals surface area contributed by atoms with E-state index in [1.807, 2.05) is 36.4 Å². The molecule has 0 saturated heterocycles. The normalized spacial score (nSPS) is 12.2. The molecule has 212 valence electrons. The largest absolute Gasteiger partial charge is 0.479 e. The lowest BCUT2D eigenvalue weighted by molar-refractivity contribution is -0.157. The SMILES string of the molecule is C[C@](CCCCNC(=O)OCc1ccccc1)(C(=O)O)N(C(=O)CCCCCN)C(=O)OCc1ccccc1. The van der Waals surface area contributed by atoms with E-state index in [4.69, 9.17) is 15.2 Å². The van der Waals surface area contributed by atoms with Crippen LogP contribution in [0.25, 0.3) is 0 Å². The van der Waals surface area contributed by atoms with Crippen LogP contribution in [0.4, 0.5) is 9.59 Å². The Hall–Kier alpha value is -3.92. The Morgan fingerprint density at radius 2 is 1.44 bits per heavy atom. The van der Waals surface area contributed by atoms with Crippen molar-refractivity contribution in [3.63, 3.8) is 0 Å². The molecule has 0 heterocycles. The Morgan fingerprint density at radius 3 is 2.00 bits per heavy atom. The number of aliphatic carboxylic acids is 1. The third-order valence-corrected chi connectivity index (χ3v) is 6.26. The number of benzene rings is 2. The molecule has 1 atom stereocenters. The van der Waals surface area contributed by atoms with Crippen molar-refractivity contribution in [2.75, 3.05) is 13.1 Å². The van der Waals surface area contributed by atoms with E-state index in [0.717, 1.165) is 16.9 Å². The number of nitrogens with one attached hydrogen (secondary N) is 1. The summed E-state index contributed by atoms with van der Waals surface area (Å²) in [5, 5.41) is 12.7. The van der Waals surface area contributed by atoms with Crippen molar-refractivity contribution in [3.05, 3.63) is 71.8 Å². The van der Waals surface area contributed by atoms with Gasteiger partial charge in [0.15, 0.2) is 0 Å². The fourth-order valence-corrected chi connectivity index (χ4v) is 3.94. The van der Waals surface area contributed by atoms with Crippen molar-refractivity contribution in [2.45, 2.75) is 70.6 Å². The molecule has 0 unspecified atom stereocenters. The number of alkyl carbamates (subject to hydrolysis) is 1. The van der Waals surface area contributed by atoms with E-state index in [9.17, 15) is 24.3 Å². The molecule has 4 N–H and O–H groups in total. The number of ether oxygens (including phenoxy) is 2.